The molecule has 0 atom stereocenters. The van der Waals surface area contributed by atoms with Gasteiger partial charge >= 0.3 is 6.18 Å². The molecule has 0 N–H and O–H groups in total. The highest BCUT2D eigenvalue weighted by atomic mass is 19.4. The Bertz CT molecular complexity index is 416. The Balaban J connectivity index is 3.04. The van der Waals surface area contributed by atoms with Crippen LogP contribution in [0.2, 0.25) is 0 Å². The second kappa shape index (κ2) is 4.68. The number of methoxy groups -OCH3 is 1. The third kappa shape index (κ3) is 3.15. The molecule has 0 bridgehead atoms. The van der Waals surface area contributed by atoms with E-state index in [0.717, 1.165) is 7.11 Å². The first-order valence-electron chi connectivity index (χ1n) is 4.37. The van der Waals surface area contributed by atoms with Crippen LogP contribution in [0.15, 0.2) is 12.1 Å². The molecule has 0 amide bonds. The predicted octanol–water partition coefficient (Wildman–Crippen LogP) is 2.65. The molecule has 2 nitrogen and oxygen atoms in total. The molecule has 17 heavy (non-hydrogen) atoms. The summed E-state index contributed by atoms with van der Waals surface area (Å²) >= 11 is 0. The molecule has 1 aromatic carbocycles. The number of alkyl halides is 3. The third-order valence-electron chi connectivity index (χ3n) is 2.00. The van der Waals surface area contributed by atoms with Crippen LogP contribution >= 0.6 is 0 Å². The van der Waals surface area contributed by atoms with E-state index in [0.29, 0.717) is 12.1 Å². The molecule has 0 saturated carbocycles. The Morgan fingerprint density at radius 3 is 2.06 bits per heavy atom. The van der Waals surface area contributed by atoms with E-state index in [2.05, 4.69) is 4.74 Å². The van der Waals surface area contributed by atoms with Gasteiger partial charge in [0.05, 0.1) is 7.11 Å². The summed E-state index contributed by atoms with van der Waals surface area (Å²) in [5.41, 5.74) is -0.923. The molecule has 0 fully saturated rings. The van der Waals surface area contributed by atoms with Gasteiger partial charge in [-0.2, -0.15) is 13.2 Å². The number of ether oxygens (including phenoxy) is 1. The minimum absolute atomic E-state index is 0.178. The van der Waals surface area contributed by atoms with Crippen LogP contribution in [0.1, 0.15) is 5.56 Å². The fourth-order valence-corrected chi connectivity index (χ4v) is 1.13. The summed E-state index contributed by atoms with van der Waals surface area (Å²) in [6.45, 7) is 0. The van der Waals surface area contributed by atoms with Crippen molar-refractivity contribution in [3.8, 4) is 5.75 Å². The number of hydrogen-bond donors (Lipinski definition) is 0. The Labute approximate surface area is 93.0 Å². The second-order valence-corrected chi connectivity index (χ2v) is 3.17. The first kappa shape index (κ1) is 13.4. The van der Waals surface area contributed by atoms with Gasteiger partial charge in [0.1, 0.15) is 17.4 Å². The average Bonchev–Trinajstić information content (AvgIpc) is 2.21. The molecule has 0 unspecified atom stereocenters. The van der Waals surface area contributed by atoms with Crippen molar-refractivity contribution in [3.05, 3.63) is 29.3 Å². The van der Waals surface area contributed by atoms with Crippen LogP contribution in [-0.2, 0) is 11.2 Å². The number of Topliss-reactive ketones (excluding diaryl/α,β-unsaturated/α-hetero) is 1. The van der Waals surface area contributed by atoms with Gasteiger partial charge in [-0.1, -0.05) is 0 Å². The van der Waals surface area contributed by atoms with Crippen LogP contribution in [0.5, 0.6) is 5.75 Å². The lowest BCUT2D eigenvalue weighted by atomic mass is 10.1. The highest BCUT2D eigenvalue weighted by molar-refractivity contribution is 5.86. The molecule has 7 heteroatoms. The van der Waals surface area contributed by atoms with Crippen LogP contribution < -0.4 is 4.74 Å². The van der Waals surface area contributed by atoms with Crippen LogP contribution in [0.25, 0.3) is 0 Å². The number of carbonyl (C=O) groups excluding carboxylic acids is 1. The zero-order valence-corrected chi connectivity index (χ0v) is 8.57. The summed E-state index contributed by atoms with van der Waals surface area (Å²) < 4.78 is 66.7. The zero-order chi connectivity index (χ0) is 13.2. The van der Waals surface area contributed by atoms with Crippen molar-refractivity contribution in [1.82, 2.24) is 0 Å². The summed E-state index contributed by atoms with van der Waals surface area (Å²) in [6, 6.07) is 1.42. The lowest BCUT2D eigenvalue weighted by Gasteiger charge is -2.08. The first-order valence-corrected chi connectivity index (χ1v) is 4.37. The Kier molecular flexibility index (Phi) is 3.69. The fraction of sp³-hybridized carbons (Fsp3) is 0.300. The molecule has 0 aromatic heterocycles. The predicted molar refractivity (Wildman–Crippen MR) is 47.7 cm³/mol. The number of carbonyl (C=O) groups is 1. The fourth-order valence-electron chi connectivity index (χ4n) is 1.13. The molecular formula is C10H7F5O2. The molecule has 0 aliphatic heterocycles. The summed E-state index contributed by atoms with van der Waals surface area (Å²) in [4.78, 5) is 10.6. The normalized spacial score (nSPS) is 11.4. The van der Waals surface area contributed by atoms with E-state index < -0.39 is 35.6 Å². The molecule has 0 aliphatic carbocycles. The van der Waals surface area contributed by atoms with Gasteiger partial charge in [0.2, 0.25) is 5.78 Å². The summed E-state index contributed by atoms with van der Waals surface area (Å²) in [6.07, 6.45) is -6.48. The van der Waals surface area contributed by atoms with E-state index in [1.54, 1.807) is 0 Å². The van der Waals surface area contributed by atoms with Crippen molar-refractivity contribution in [2.45, 2.75) is 12.6 Å². The molecular weight excluding hydrogens is 247 g/mol. The quantitative estimate of drug-likeness (QED) is 0.775. The van der Waals surface area contributed by atoms with Gasteiger partial charge in [-0.3, -0.25) is 4.79 Å². The minimum Gasteiger partial charge on any atom is -0.497 e. The number of rotatable bonds is 3. The topological polar surface area (TPSA) is 26.3 Å². The maximum Gasteiger partial charge on any atom is 0.450 e. The van der Waals surface area contributed by atoms with Gasteiger partial charge in [0, 0.05) is 24.1 Å². The first-order chi connectivity index (χ1) is 7.75. The Hall–Kier alpha value is -1.66. The van der Waals surface area contributed by atoms with Crippen molar-refractivity contribution in [1.29, 1.82) is 0 Å². The summed E-state index contributed by atoms with van der Waals surface area (Å²) in [5.74, 6) is -4.89. The number of ketones is 1. The molecule has 0 heterocycles. The van der Waals surface area contributed by atoms with E-state index in [1.165, 1.54) is 0 Å². The van der Waals surface area contributed by atoms with Crippen LogP contribution in [0.3, 0.4) is 0 Å². The number of halogens is 5. The van der Waals surface area contributed by atoms with Gasteiger partial charge in [0.15, 0.2) is 0 Å². The average molecular weight is 254 g/mol. The highest BCUT2D eigenvalue weighted by Gasteiger charge is 2.38. The Morgan fingerprint density at radius 1 is 1.24 bits per heavy atom. The second-order valence-electron chi connectivity index (χ2n) is 3.17. The van der Waals surface area contributed by atoms with Crippen molar-refractivity contribution in [2.24, 2.45) is 0 Å². The lowest BCUT2D eigenvalue weighted by molar-refractivity contribution is -0.170. The van der Waals surface area contributed by atoms with Crippen LogP contribution in [-0.4, -0.2) is 19.1 Å². The molecule has 0 radical (unpaired) electrons. The molecule has 0 saturated heterocycles. The summed E-state index contributed by atoms with van der Waals surface area (Å²) in [7, 11) is 1.15. The largest absolute Gasteiger partial charge is 0.497 e. The maximum atomic E-state index is 13.2. The summed E-state index contributed by atoms with van der Waals surface area (Å²) in [5, 5.41) is 0. The molecule has 1 rings (SSSR count). The third-order valence-corrected chi connectivity index (χ3v) is 2.00. The highest BCUT2D eigenvalue weighted by Crippen LogP contribution is 2.24. The number of benzene rings is 1. The SMILES string of the molecule is COc1cc(F)c(CC(=O)C(F)(F)F)c(F)c1. The standard InChI is InChI=1S/C10H7F5O2/c1-17-5-2-7(11)6(8(12)3-5)4-9(16)10(13,14)15/h2-3H,4H2,1H3. The van der Waals surface area contributed by atoms with Gasteiger partial charge < -0.3 is 4.74 Å². The van der Waals surface area contributed by atoms with Crippen molar-refractivity contribution >= 4 is 5.78 Å². The van der Waals surface area contributed by atoms with E-state index in [9.17, 15) is 26.7 Å². The van der Waals surface area contributed by atoms with Crippen LogP contribution in [0.4, 0.5) is 22.0 Å². The lowest BCUT2D eigenvalue weighted by Crippen LogP contribution is -2.25. The maximum absolute atomic E-state index is 13.2. The van der Waals surface area contributed by atoms with E-state index in [1.807, 2.05) is 0 Å². The molecule has 94 valence electrons. The molecule has 0 spiro atoms. The molecule has 0 aliphatic rings. The van der Waals surface area contributed by atoms with E-state index in [-0.39, 0.29) is 5.75 Å². The van der Waals surface area contributed by atoms with Gasteiger partial charge in [-0.15, -0.1) is 0 Å². The minimum atomic E-state index is -5.11. The monoisotopic (exact) mass is 254 g/mol. The van der Waals surface area contributed by atoms with Crippen molar-refractivity contribution < 1.29 is 31.5 Å². The van der Waals surface area contributed by atoms with Crippen LogP contribution in [0, 0.1) is 11.6 Å². The van der Waals surface area contributed by atoms with E-state index in [4.69, 9.17) is 0 Å². The number of hydrogen-bond acceptors (Lipinski definition) is 2. The van der Waals surface area contributed by atoms with Gasteiger partial charge in [-0.05, 0) is 0 Å². The molecule has 1 aromatic rings. The van der Waals surface area contributed by atoms with Crippen molar-refractivity contribution in [2.75, 3.05) is 7.11 Å². The zero-order valence-electron chi connectivity index (χ0n) is 8.57. The smallest absolute Gasteiger partial charge is 0.450 e. The van der Waals surface area contributed by atoms with Crippen molar-refractivity contribution in [3.63, 3.8) is 0 Å². The van der Waals surface area contributed by atoms with Gasteiger partial charge in [0.25, 0.3) is 0 Å². The Morgan fingerprint density at radius 2 is 1.71 bits per heavy atom. The van der Waals surface area contributed by atoms with E-state index >= 15 is 0 Å². The van der Waals surface area contributed by atoms with Gasteiger partial charge in [-0.25, -0.2) is 8.78 Å².